The molecule has 1 aliphatic carbocycles. The molecule has 2 heterocycles. The first-order valence-electron chi connectivity index (χ1n) is 6.27. The minimum atomic E-state index is 0.743. The van der Waals surface area contributed by atoms with Gasteiger partial charge in [-0.2, -0.15) is 5.26 Å². The van der Waals surface area contributed by atoms with Gasteiger partial charge in [0.05, 0.1) is 5.56 Å². The zero-order valence-corrected chi connectivity index (χ0v) is 9.87. The highest BCUT2D eigenvalue weighted by atomic mass is 15.2. The summed E-state index contributed by atoms with van der Waals surface area (Å²) in [6.07, 6.45) is 3.33. The van der Waals surface area contributed by atoms with Crippen LogP contribution >= 0.6 is 0 Å². The lowest BCUT2D eigenvalue weighted by atomic mass is 10.1. The summed E-state index contributed by atoms with van der Waals surface area (Å²) in [7, 11) is 0. The molecule has 0 amide bonds. The first-order valence-corrected chi connectivity index (χ1v) is 6.27. The van der Waals surface area contributed by atoms with E-state index in [1.807, 2.05) is 6.07 Å². The van der Waals surface area contributed by atoms with Gasteiger partial charge in [-0.15, -0.1) is 0 Å². The number of hydrogen-bond donors (Lipinski definition) is 1. The predicted octanol–water partition coefficient (Wildman–Crippen LogP) is 0.852. The lowest BCUT2D eigenvalue weighted by Crippen LogP contribution is -2.44. The van der Waals surface area contributed by atoms with Crippen LogP contribution in [0.4, 0.5) is 5.82 Å². The molecule has 1 aromatic rings. The molecule has 88 valence electrons. The van der Waals surface area contributed by atoms with E-state index in [9.17, 15) is 5.26 Å². The number of nitriles is 1. The van der Waals surface area contributed by atoms with Crippen molar-refractivity contribution in [3.05, 3.63) is 22.9 Å². The number of pyridine rings is 1. The third-order valence-corrected chi connectivity index (χ3v) is 3.57. The molecular weight excluding hydrogens is 212 g/mol. The Labute approximate surface area is 101 Å². The molecule has 0 radical (unpaired) electrons. The van der Waals surface area contributed by atoms with Gasteiger partial charge in [-0.05, 0) is 30.9 Å². The zero-order chi connectivity index (χ0) is 11.7. The Balaban J connectivity index is 2.00. The Kier molecular flexibility index (Phi) is 2.69. The fraction of sp³-hybridized carbons (Fsp3) is 0.538. The highest BCUT2D eigenvalue weighted by molar-refractivity contribution is 5.57. The fourth-order valence-electron chi connectivity index (χ4n) is 2.66. The fourth-order valence-corrected chi connectivity index (χ4v) is 2.66. The van der Waals surface area contributed by atoms with Crippen LogP contribution in [0.1, 0.15) is 23.2 Å². The van der Waals surface area contributed by atoms with E-state index in [-0.39, 0.29) is 0 Å². The smallest absolute Gasteiger partial charge is 0.146 e. The SMILES string of the molecule is N#Cc1cc2c(nc1N1CCNCC1)CCC2. The van der Waals surface area contributed by atoms with Gasteiger partial charge in [0.25, 0.3) is 0 Å². The van der Waals surface area contributed by atoms with Gasteiger partial charge in [0.15, 0.2) is 0 Å². The van der Waals surface area contributed by atoms with Crippen LogP contribution in [0.15, 0.2) is 6.07 Å². The quantitative estimate of drug-likeness (QED) is 0.774. The average Bonchev–Trinajstić information content (AvgIpc) is 2.85. The van der Waals surface area contributed by atoms with Gasteiger partial charge in [-0.25, -0.2) is 4.98 Å². The third kappa shape index (κ3) is 1.87. The normalized spacial score (nSPS) is 18.9. The minimum absolute atomic E-state index is 0.743. The maximum atomic E-state index is 9.25. The van der Waals surface area contributed by atoms with Crippen LogP contribution in [0.25, 0.3) is 0 Å². The molecule has 1 aromatic heterocycles. The molecule has 0 atom stereocenters. The minimum Gasteiger partial charge on any atom is -0.353 e. The molecule has 2 aliphatic rings. The van der Waals surface area contributed by atoms with Gasteiger partial charge >= 0.3 is 0 Å². The number of hydrogen-bond acceptors (Lipinski definition) is 4. The molecule has 3 rings (SSSR count). The standard InChI is InChI=1S/C13H16N4/c14-9-11-8-10-2-1-3-12(10)16-13(11)17-6-4-15-5-7-17/h8,15H,1-7H2. The second-order valence-corrected chi connectivity index (χ2v) is 4.67. The van der Waals surface area contributed by atoms with Crippen LogP contribution in [-0.4, -0.2) is 31.2 Å². The Bertz CT molecular complexity index is 469. The second-order valence-electron chi connectivity index (χ2n) is 4.67. The first-order chi connectivity index (χ1) is 8.38. The van der Waals surface area contributed by atoms with Crippen molar-refractivity contribution in [2.75, 3.05) is 31.1 Å². The summed E-state index contributed by atoms with van der Waals surface area (Å²) >= 11 is 0. The van der Waals surface area contributed by atoms with E-state index in [4.69, 9.17) is 4.98 Å². The van der Waals surface area contributed by atoms with Gasteiger partial charge in [-0.3, -0.25) is 0 Å². The Morgan fingerprint density at radius 2 is 2.12 bits per heavy atom. The lowest BCUT2D eigenvalue weighted by molar-refractivity contribution is 0.584. The Morgan fingerprint density at radius 3 is 2.88 bits per heavy atom. The van der Waals surface area contributed by atoms with Crippen LogP contribution in [-0.2, 0) is 12.8 Å². The van der Waals surface area contributed by atoms with Crippen LogP contribution < -0.4 is 10.2 Å². The predicted molar refractivity (Wildman–Crippen MR) is 66.1 cm³/mol. The zero-order valence-electron chi connectivity index (χ0n) is 9.87. The van der Waals surface area contributed by atoms with Gasteiger partial charge in [0.1, 0.15) is 11.9 Å². The molecule has 17 heavy (non-hydrogen) atoms. The van der Waals surface area contributed by atoms with Gasteiger partial charge in [0.2, 0.25) is 0 Å². The summed E-state index contributed by atoms with van der Waals surface area (Å²) in [6, 6.07) is 4.35. The molecule has 0 saturated carbocycles. The van der Waals surface area contributed by atoms with Crippen molar-refractivity contribution in [2.24, 2.45) is 0 Å². The molecule has 1 saturated heterocycles. The highest BCUT2D eigenvalue weighted by Crippen LogP contribution is 2.27. The van der Waals surface area contributed by atoms with E-state index < -0.39 is 0 Å². The number of anilines is 1. The average molecular weight is 228 g/mol. The van der Waals surface area contributed by atoms with Crippen LogP contribution in [0.2, 0.25) is 0 Å². The molecule has 0 spiro atoms. The van der Waals surface area contributed by atoms with E-state index in [1.54, 1.807) is 0 Å². The number of aryl methyl sites for hydroxylation is 2. The second kappa shape index (κ2) is 4.34. The molecule has 4 heteroatoms. The van der Waals surface area contributed by atoms with E-state index in [1.165, 1.54) is 17.7 Å². The van der Waals surface area contributed by atoms with Crippen LogP contribution in [0.5, 0.6) is 0 Å². The highest BCUT2D eigenvalue weighted by Gasteiger charge is 2.20. The summed E-state index contributed by atoms with van der Waals surface area (Å²) in [4.78, 5) is 6.95. The molecule has 4 nitrogen and oxygen atoms in total. The maximum absolute atomic E-state index is 9.25. The Morgan fingerprint density at radius 1 is 1.29 bits per heavy atom. The molecule has 1 N–H and O–H groups in total. The van der Waals surface area contributed by atoms with Crippen molar-refractivity contribution >= 4 is 5.82 Å². The number of fused-ring (bicyclic) bond motifs is 1. The largest absolute Gasteiger partial charge is 0.353 e. The lowest BCUT2D eigenvalue weighted by Gasteiger charge is -2.29. The van der Waals surface area contributed by atoms with E-state index >= 15 is 0 Å². The van der Waals surface area contributed by atoms with Gasteiger partial charge in [-0.1, -0.05) is 0 Å². The molecule has 1 fully saturated rings. The summed E-state index contributed by atoms with van der Waals surface area (Å²) in [6.45, 7) is 3.84. The number of rotatable bonds is 1. The molecular formula is C13H16N4. The van der Waals surface area contributed by atoms with Crippen molar-refractivity contribution in [2.45, 2.75) is 19.3 Å². The maximum Gasteiger partial charge on any atom is 0.146 e. The van der Waals surface area contributed by atoms with E-state index in [2.05, 4.69) is 16.3 Å². The topological polar surface area (TPSA) is 52.0 Å². The number of piperazine rings is 1. The number of nitrogens with one attached hydrogen (secondary N) is 1. The monoisotopic (exact) mass is 228 g/mol. The van der Waals surface area contributed by atoms with Crippen molar-refractivity contribution in [1.29, 1.82) is 5.26 Å². The van der Waals surface area contributed by atoms with E-state index in [0.717, 1.165) is 50.4 Å². The molecule has 0 bridgehead atoms. The summed E-state index contributed by atoms with van der Waals surface area (Å²) in [5.41, 5.74) is 3.23. The molecule has 0 aromatic carbocycles. The summed E-state index contributed by atoms with van der Waals surface area (Å²) < 4.78 is 0. The van der Waals surface area contributed by atoms with Crippen LogP contribution in [0, 0.1) is 11.3 Å². The Hall–Kier alpha value is -1.60. The summed E-state index contributed by atoms with van der Waals surface area (Å²) in [5.74, 6) is 0.898. The number of nitrogens with zero attached hydrogens (tertiary/aromatic N) is 3. The molecule has 0 unspecified atom stereocenters. The van der Waals surface area contributed by atoms with Crippen molar-refractivity contribution in [3.8, 4) is 6.07 Å². The summed E-state index contributed by atoms with van der Waals surface area (Å²) in [5, 5.41) is 12.6. The third-order valence-electron chi connectivity index (χ3n) is 3.57. The first kappa shape index (κ1) is 10.5. The van der Waals surface area contributed by atoms with Crippen molar-refractivity contribution < 1.29 is 0 Å². The van der Waals surface area contributed by atoms with Crippen molar-refractivity contribution in [3.63, 3.8) is 0 Å². The van der Waals surface area contributed by atoms with Crippen LogP contribution in [0.3, 0.4) is 0 Å². The molecule has 1 aliphatic heterocycles. The van der Waals surface area contributed by atoms with E-state index in [0.29, 0.717) is 0 Å². The van der Waals surface area contributed by atoms with Gasteiger partial charge in [0, 0.05) is 31.9 Å². The number of aromatic nitrogens is 1. The van der Waals surface area contributed by atoms with Crippen molar-refractivity contribution in [1.82, 2.24) is 10.3 Å². The van der Waals surface area contributed by atoms with Gasteiger partial charge < -0.3 is 10.2 Å².